The van der Waals surface area contributed by atoms with Crippen LogP contribution in [0, 0.1) is 0 Å². The van der Waals surface area contributed by atoms with Crippen LogP contribution < -0.4 is 0 Å². The fourth-order valence-electron chi connectivity index (χ4n) is 2.77. The molecular formula is C20H35N3O2. The Hall–Kier alpha value is -1.78. The van der Waals surface area contributed by atoms with Gasteiger partial charge in [-0.3, -0.25) is 9.59 Å². The monoisotopic (exact) mass is 349 g/mol. The van der Waals surface area contributed by atoms with Crippen LogP contribution in [0.2, 0.25) is 0 Å². The molecule has 0 bridgehead atoms. The summed E-state index contributed by atoms with van der Waals surface area (Å²) < 4.78 is 2.04. The van der Waals surface area contributed by atoms with E-state index >= 15 is 0 Å². The molecular weight excluding hydrogens is 314 g/mol. The van der Waals surface area contributed by atoms with E-state index in [-0.39, 0.29) is 24.4 Å². The molecule has 5 heteroatoms. The second kappa shape index (κ2) is 11.0. The molecule has 1 aromatic heterocycles. The summed E-state index contributed by atoms with van der Waals surface area (Å²) in [6, 6.07) is 4.07. The van der Waals surface area contributed by atoms with Gasteiger partial charge in [-0.25, -0.2) is 0 Å². The van der Waals surface area contributed by atoms with Crippen molar-refractivity contribution in [3.05, 3.63) is 24.0 Å². The number of amides is 2. The number of unbranched alkanes of at least 4 members (excludes halogenated alkanes) is 2. The standard InChI is InChI=1S/C20H35N3O2/c1-6-8-12-19(24)23(17(3)4)16-20(25)22(14-9-7-2)15-18-11-10-13-21(18)5/h10-11,13,17H,6-9,12,14-16H2,1-5H3. The minimum atomic E-state index is 0.0354. The molecule has 0 aliphatic rings. The van der Waals surface area contributed by atoms with Crippen molar-refractivity contribution in [2.45, 2.75) is 72.4 Å². The van der Waals surface area contributed by atoms with Gasteiger partial charge in [-0.05, 0) is 38.8 Å². The van der Waals surface area contributed by atoms with Gasteiger partial charge < -0.3 is 14.4 Å². The van der Waals surface area contributed by atoms with Gasteiger partial charge in [0.05, 0.1) is 13.1 Å². The van der Waals surface area contributed by atoms with Gasteiger partial charge in [0.15, 0.2) is 0 Å². The Balaban J connectivity index is 2.80. The highest BCUT2D eigenvalue weighted by molar-refractivity contribution is 5.85. The van der Waals surface area contributed by atoms with Gasteiger partial charge in [-0.1, -0.05) is 26.7 Å². The number of hydrogen-bond acceptors (Lipinski definition) is 2. The first-order valence-electron chi connectivity index (χ1n) is 9.58. The van der Waals surface area contributed by atoms with Crippen molar-refractivity contribution in [1.82, 2.24) is 14.4 Å². The SMILES string of the molecule is CCCCC(=O)N(CC(=O)N(CCCC)Cc1cccn1C)C(C)C. The third kappa shape index (κ3) is 6.92. The Labute approximate surface area is 153 Å². The largest absolute Gasteiger partial charge is 0.353 e. The second-order valence-corrected chi connectivity index (χ2v) is 7.00. The van der Waals surface area contributed by atoms with Crippen LogP contribution in [0.1, 0.15) is 65.5 Å². The summed E-state index contributed by atoms with van der Waals surface area (Å²) in [6.45, 7) is 9.65. The summed E-state index contributed by atoms with van der Waals surface area (Å²) in [6.07, 6.45) is 6.39. The first kappa shape index (κ1) is 21.3. The molecule has 0 fully saturated rings. The Kier molecular flexibility index (Phi) is 9.32. The molecule has 1 heterocycles. The third-order valence-electron chi connectivity index (χ3n) is 4.53. The Morgan fingerprint density at radius 3 is 2.32 bits per heavy atom. The molecule has 0 aliphatic carbocycles. The topological polar surface area (TPSA) is 45.6 Å². The quantitative estimate of drug-likeness (QED) is 0.613. The molecule has 0 saturated heterocycles. The molecule has 0 spiro atoms. The minimum absolute atomic E-state index is 0.0354. The maximum absolute atomic E-state index is 12.9. The molecule has 2 amide bonds. The van der Waals surface area contributed by atoms with E-state index in [0.717, 1.165) is 37.9 Å². The van der Waals surface area contributed by atoms with Crippen LogP contribution in [0.3, 0.4) is 0 Å². The van der Waals surface area contributed by atoms with E-state index in [1.165, 1.54) is 0 Å². The Bertz CT molecular complexity index is 537. The molecule has 0 radical (unpaired) electrons. The van der Waals surface area contributed by atoms with Crippen LogP contribution in [-0.2, 0) is 23.2 Å². The predicted octanol–water partition coefficient (Wildman–Crippen LogP) is 3.58. The molecule has 142 valence electrons. The zero-order valence-electron chi connectivity index (χ0n) is 16.6. The van der Waals surface area contributed by atoms with Crippen LogP contribution in [-0.4, -0.2) is 45.3 Å². The van der Waals surface area contributed by atoms with Crippen molar-refractivity contribution >= 4 is 11.8 Å². The summed E-state index contributed by atoms with van der Waals surface area (Å²) in [5, 5.41) is 0. The molecule has 0 unspecified atom stereocenters. The van der Waals surface area contributed by atoms with Gasteiger partial charge in [0.1, 0.15) is 0 Å². The summed E-state index contributed by atoms with van der Waals surface area (Å²) in [5.74, 6) is 0.118. The Morgan fingerprint density at radius 2 is 1.80 bits per heavy atom. The van der Waals surface area contributed by atoms with Gasteiger partial charge in [0.2, 0.25) is 11.8 Å². The van der Waals surface area contributed by atoms with E-state index in [9.17, 15) is 9.59 Å². The van der Waals surface area contributed by atoms with Crippen molar-refractivity contribution < 1.29 is 9.59 Å². The number of aromatic nitrogens is 1. The number of hydrogen-bond donors (Lipinski definition) is 0. The number of carbonyl (C=O) groups is 2. The predicted molar refractivity (Wildman–Crippen MR) is 102 cm³/mol. The van der Waals surface area contributed by atoms with Crippen molar-refractivity contribution in [3.63, 3.8) is 0 Å². The second-order valence-electron chi connectivity index (χ2n) is 7.00. The van der Waals surface area contributed by atoms with Crippen LogP contribution in [0.4, 0.5) is 0 Å². The summed E-state index contributed by atoms with van der Waals surface area (Å²) in [4.78, 5) is 29.0. The minimum Gasteiger partial charge on any atom is -0.353 e. The molecule has 25 heavy (non-hydrogen) atoms. The summed E-state index contributed by atoms with van der Waals surface area (Å²) >= 11 is 0. The van der Waals surface area contributed by atoms with Crippen LogP contribution in [0.5, 0.6) is 0 Å². The summed E-state index contributed by atoms with van der Waals surface area (Å²) in [7, 11) is 1.99. The van der Waals surface area contributed by atoms with Gasteiger partial charge in [0, 0.05) is 37.9 Å². The lowest BCUT2D eigenvalue weighted by atomic mass is 10.2. The molecule has 0 N–H and O–H groups in total. The highest BCUT2D eigenvalue weighted by Crippen LogP contribution is 2.11. The van der Waals surface area contributed by atoms with E-state index in [0.29, 0.717) is 13.0 Å². The number of carbonyl (C=O) groups excluding carboxylic acids is 2. The van der Waals surface area contributed by atoms with Crippen molar-refractivity contribution in [2.75, 3.05) is 13.1 Å². The highest BCUT2D eigenvalue weighted by Gasteiger charge is 2.23. The normalized spacial score (nSPS) is 11.0. The average Bonchev–Trinajstić information content (AvgIpc) is 2.98. The number of aryl methyl sites for hydroxylation is 1. The summed E-state index contributed by atoms with van der Waals surface area (Å²) in [5.41, 5.74) is 1.11. The molecule has 5 nitrogen and oxygen atoms in total. The molecule has 0 aliphatic heterocycles. The Morgan fingerprint density at radius 1 is 1.12 bits per heavy atom. The first-order valence-corrected chi connectivity index (χ1v) is 9.58. The van der Waals surface area contributed by atoms with Gasteiger partial charge in [-0.15, -0.1) is 0 Å². The number of nitrogens with zero attached hydrogens (tertiary/aromatic N) is 3. The van der Waals surface area contributed by atoms with Crippen molar-refractivity contribution in [1.29, 1.82) is 0 Å². The zero-order chi connectivity index (χ0) is 18.8. The smallest absolute Gasteiger partial charge is 0.242 e. The molecule has 0 saturated carbocycles. The average molecular weight is 350 g/mol. The molecule has 1 aromatic rings. The van der Waals surface area contributed by atoms with Crippen LogP contribution >= 0.6 is 0 Å². The van der Waals surface area contributed by atoms with Crippen molar-refractivity contribution in [2.24, 2.45) is 7.05 Å². The van der Waals surface area contributed by atoms with Crippen LogP contribution in [0.15, 0.2) is 18.3 Å². The lowest BCUT2D eigenvalue weighted by Crippen LogP contribution is -2.46. The fraction of sp³-hybridized carbons (Fsp3) is 0.700. The molecule has 0 aromatic carbocycles. The maximum atomic E-state index is 12.9. The lowest BCUT2D eigenvalue weighted by molar-refractivity contribution is -0.142. The van der Waals surface area contributed by atoms with E-state index < -0.39 is 0 Å². The van der Waals surface area contributed by atoms with Gasteiger partial charge in [-0.2, -0.15) is 0 Å². The van der Waals surface area contributed by atoms with E-state index in [4.69, 9.17) is 0 Å². The fourth-order valence-corrected chi connectivity index (χ4v) is 2.77. The van der Waals surface area contributed by atoms with E-state index in [1.54, 1.807) is 4.90 Å². The van der Waals surface area contributed by atoms with Gasteiger partial charge in [0.25, 0.3) is 0 Å². The van der Waals surface area contributed by atoms with Gasteiger partial charge >= 0.3 is 0 Å². The van der Waals surface area contributed by atoms with E-state index in [2.05, 4.69) is 13.8 Å². The van der Waals surface area contributed by atoms with Crippen molar-refractivity contribution in [3.8, 4) is 0 Å². The zero-order valence-corrected chi connectivity index (χ0v) is 16.6. The number of rotatable bonds is 11. The van der Waals surface area contributed by atoms with E-state index in [1.807, 2.05) is 48.7 Å². The maximum Gasteiger partial charge on any atom is 0.242 e. The van der Waals surface area contributed by atoms with Crippen LogP contribution in [0.25, 0.3) is 0 Å². The lowest BCUT2D eigenvalue weighted by Gasteiger charge is -2.30. The third-order valence-corrected chi connectivity index (χ3v) is 4.53. The first-order chi connectivity index (χ1) is 11.9. The highest BCUT2D eigenvalue weighted by atomic mass is 16.2. The molecule has 0 atom stereocenters. The molecule has 1 rings (SSSR count).